The van der Waals surface area contributed by atoms with Crippen LogP contribution in [0.15, 0.2) is 6.20 Å². The number of carboxylic acid groups (broad SMARTS) is 1. The molecule has 0 aliphatic rings. The zero-order chi connectivity index (χ0) is 12.1. The van der Waals surface area contributed by atoms with Crippen LogP contribution in [0, 0.1) is 0 Å². The minimum absolute atomic E-state index is 0.0800. The molecule has 16 heavy (non-hydrogen) atoms. The number of carbonyl (C=O) groups is 2. The SMILES string of the molecule is CC(C)N(CCC(=O)O)C(=O)c1cn[nH]n1. The molecule has 0 aliphatic heterocycles. The van der Waals surface area contributed by atoms with Gasteiger partial charge in [0.05, 0.1) is 12.6 Å². The molecule has 0 spiro atoms. The van der Waals surface area contributed by atoms with Crippen molar-refractivity contribution in [2.75, 3.05) is 6.54 Å². The Morgan fingerprint density at radius 1 is 1.56 bits per heavy atom. The van der Waals surface area contributed by atoms with E-state index in [4.69, 9.17) is 5.11 Å². The van der Waals surface area contributed by atoms with Crippen LogP contribution in [0.5, 0.6) is 0 Å². The molecule has 0 fully saturated rings. The first-order valence-corrected chi connectivity index (χ1v) is 4.91. The molecule has 7 nitrogen and oxygen atoms in total. The van der Waals surface area contributed by atoms with Gasteiger partial charge in [0.25, 0.3) is 5.91 Å². The van der Waals surface area contributed by atoms with E-state index in [1.807, 2.05) is 13.8 Å². The van der Waals surface area contributed by atoms with Crippen molar-refractivity contribution in [3.05, 3.63) is 11.9 Å². The Morgan fingerprint density at radius 3 is 2.69 bits per heavy atom. The van der Waals surface area contributed by atoms with E-state index in [0.717, 1.165) is 0 Å². The summed E-state index contributed by atoms with van der Waals surface area (Å²) >= 11 is 0. The van der Waals surface area contributed by atoms with Gasteiger partial charge in [0.15, 0.2) is 5.69 Å². The molecule has 0 aliphatic carbocycles. The topological polar surface area (TPSA) is 99.2 Å². The molecule has 0 bridgehead atoms. The minimum atomic E-state index is -0.932. The third-order valence-corrected chi connectivity index (χ3v) is 2.08. The van der Waals surface area contributed by atoms with Crippen molar-refractivity contribution in [2.24, 2.45) is 0 Å². The number of hydrogen-bond donors (Lipinski definition) is 2. The van der Waals surface area contributed by atoms with Crippen LogP contribution in [0.25, 0.3) is 0 Å². The largest absolute Gasteiger partial charge is 0.481 e. The summed E-state index contributed by atoms with van der Waals surface area (Å²) < 4.78 is 0. The van der Waals surface area contributed by atoms with Crippen LogP contribution in [0.2, 0.25) is 0 Å². The summed E-state index contributed by atoms with van der Waals surface area (Å²) in [5.41, 5.74) is 0.194. The van der Waals surface area contributed by atoms with Crippen molar-refractivity contribution in [2.45, 2.75) is 26.3 Å². The third-order valence-electron chi connectivity index (χ3n) is 2.08. The first-order chi connectivity index (χ1) is 7.52. The smallest absolute Gasteiger partial charge is 0.305 e. The van der Waals surface area contributed by atoms with Gasteiger partial charge >= 0.3 is 5.97 Å². The maximum Gasteiger partial charge on any atom is 0.305 e. The molecule has 0 radical (unpaired) electrons. The van der Waals surface area contributed by atoms with Gasteiger partial charge in [-0.15, -0.1) is 0 Å². The molecule has 0 atom stereocenters. The van der Waals surface area contributed by atoms with Crippen molar-refractivity contribution in [1.29, 1.82) is 0 Å². The van der Waals surface area contributed by atoms with E-state index >= 15 is 0 Å². The zero-order valence-electron chi connectivity index (χ0n) is 9.17. The number of nitrogens with zero attached hydrogens (tertiary/aromatic N) is 3. The van der Waals surface area contributed by atoms with Crippen LogP contribution in [-0.2, 0) is 4.79 Å². The fourth-order valence-electron chi connectivity index (χ4n) is 1.26. The number of H-pyrrole nitrogens is 1. The Hall–Kier alpha value is -1.92. The Morgan fingerprint density at radius 2 is 2.25 bits per heavy atom. The summed E-state index contributed by atoms with van der Waals surface area (Å²) in [4.78, 5) is 23.8. The number of carboxylic acids is 1. The van der Waals surface area contributed by atoms with Crippen LogP contribution in [0.1, 0.15) is 30.8 Å². The van der Waals surface area contributed by atoms with E-state index < -0.39 is 5.97 Å². The number of aromatic amines is 1. The molecule has 1 rings (SSSR count). The Labute approximate surface area is 92.4 Å². The Kier molecular flexibility index (Phi) is 3.98. The molecule has 0 saturated heterocycles. The highest BCUT2D eigenvalue weighted by Gasteiger charge is 2.21. The second-order valence-electron chi connectivity index (χ2n) is 3.59. The standard InChI is InChI=1S/C9H14N4O3/c1-6(2)13(4-3-8(14)15)9(16)7-5-10-12-11-7/h5-6H,3-4H2,1-2H3,(H,14,15)(H,10,11,12). The maximum absolute atomic E-state index is 11.9. The van der Waals surface area contributed by atoms with Gasteiger partial charge in [0.1, 0.15) is 0 Å². The van der Waals surface area contributed by atoms with Gasteiger partial charge in [0.2, 0.25) is 0 Å². The van der Waals surface area contributed by atoms with Gasteiger partial charge in [-0.25, -0.2) is 0 Å². The van der Waals surface area contributed by atoms with E-state index in [1.165, 1.54) is 11.1 Å². The number of aromatic nitrogens is 3. The second kappa shape index (κ2) is 5.24. The average Bonchev–Trinajstić information content (AvgIpc) is 2.69. The highest BCUT2D eigenvalue weighted by molar-refractivity contribution is 5.92. The third kappa shape index (κ3) is 3.04. The number of nitrogens with one attached hydrogen (secondary N) is 1. The van der Waals surface area contributed by atoms with E-state index in [1.54, 1.807) is 0 Å². The zero-order valence-corrected chi connectivity index (χ0v) is 9.17. The fraction of sp³-hybridized carbons (Fsp3) is 0.556. The number of amides is 1. The summed E-state index contributed by atoms with van der Waals surface area (Å²) in [7, 11) is 0. The molecular weight excluding hydrogens is 212 g/mol. The van der Waals surface area contributed by atoms with Gasteiger partial charge in [0, 0.05) is 12.6 Å². The lowest BCUT2D eigenvalue weighted by Gasteiger charge is -2.24. The fourth-order valence-corrected chi connectivity index (χ4v) is 1.26. The van der Waals surface area contributed by atoms with Gasteiger partial charge in [-0.2, -0.15) is 15.4 Å². The van der Waals surface area contributed by atoms with Crippen molar-refractivity contribution in [3.63, 3.8) is 0 Å². The quantitative estimate of drug-likeness (QED) is 0.743. The molecule has 0 unspecified atom stereocenters. The number of hydrogen-bond acceptors (Lipinski definition) is 4. The molecule has 7 heteroatoms. The van der Waals surface area contributed by atoms with E-state index in [-0.39, 0.29) is 30.6 Å². The molecule has 88 valence electrons. The Balaban J connectivity index is 2.70. The lowest BCUT2D eigenvalue weighted by molar-refractivity contribution is -0.137. The van der Waals surface area contributed by atoms with Gasteiger partial charge in [-0.1, -0.05) is 0 Å². The second-order valence-corrected chi connectivity index (χ2v) is 3.59. The van der Waals surface area contributed by atoms with E-state index in [9.17, 15) is 9.59 Å². The maximum atomic E-state index is 11.9. The van der Waals surface area contributed by atoms with Gasteiger partial charge < -0.3 is 10.0 Å². The van der Waals surface area contributed by atoms with Crippen LogP contribution in [0.4, 0.5) is 0 Å². The molecule has 2 N–H and O–H groups in total. The summed E-state index contributed by atoms with van der Waals surface area (Å²) in [5.74, 6) is -1.25. The molecule has 1 amide bonds. The molecule has 0 saturated carbocycles. The van der Waals surface area contributed by atoms with Crippen molar-refractivity contribution in [3.8, 4) is 0 Å². The number of aliphatic carboxylic acids is 1. The van der Waals surface area contributed by atoms with Crippen molar-refractivity contribution >= 4 is 11.9 Å². The summed E-state index contributed by atoms with van der Waals surface area (Å²) in [5, 5.41) is 18.1. The van der Waals surface area contributed by atoms with Gasteiger partial charge in [-0.3, -0.25) is 9.59 Å². The molecule has 1 heterocycles. The van der Waals surface area contributed by atoms with Crippen LogP contribution in [0.3, 0.4) is 0 Å². The Bertz CT molecular complexity index is 361. The normalized spacial score (nSPS) is 10.4. The lowest BCUT2D eigenvalue weighted by atomic mass is 10.2. The van der Waals surface area contributed by atoms with Crippen LogP contribution in [-0.4, -0.2) is 49.9 Å². The molecular formula is C9H14N4O3. The van der Waals surface area contributed by atoms with Crippen LogP contribution < -0.4 is 0 Å². The number of rotatable bonds is 5. The van der Waals surface area contributed by atoms with E-state index in [2.05, 4.69) is 15.4 Å². The summed E-state index contributed by atoms with van der Waals surface area (Å²) in [6.07, 6.45) is 1.24. The van der Waals surface area contributed by atoms with Crippen molar-refractivity contribution in [1.82, 2.24) is 20.3 Å². The highest BCUT2D eigenvalue weighted by atomic mass is 16.4. The summed E-state index contributed by atoms with van der Waals surface area (Å²) in [6.45, 7) is 3.80. The van der Waals surface area contributed by atoms with E-state index in [0.29, 0.717) is 0 Å². The summed E-state index contributed by atoms with van der Waals surface area (Å²) in [6, 6.07) is -0.0800. The monoisotopic (exact) mass is 226 g/mol. The predicted molar refractivity (Wildman–Crippen MR) is 54.8 cm³/mol. The lowest BCUT2D eigenvalue weighted by Crippen LogP contribution is -2.38. The minimum Gasteiger partial charge on any atom is -0.481 e. The predicted octanol–water partition coefficient (Wildman–Crippen LogP) is 0.130. The van der Waals surface area contributed by atoms with Crippen LogP contribution >= 0.6 is 0 Å². The first-order valence-electron chi connectivity index (χ1n) is 4.91. The number of carbonyl (C=O) groups excluding carboxylic acids is 1. The highest BCUT2D eigenvalue weighted by Crippen LogP contribution is 2.06. The molecule has 1 aromatic heterocycles. The van der Waals surface area contributed by atoms with Gasteiger partial charge in [-0.05, 0) is 13.8 Å². The average molecular weight is 226 g/mol. The molecule has 1 aromatic rings. The van der Waals surface area contributed by atoms with Crippen molar-refractivity contribution < 1.29 is 14.7 Å². The first kappa shape index (κ1) is 12.2. The molecule has 0 aromatic carbocycles.